The zero-order valence-electron chi connectivity index (χ0n) is 14.5. The van der Waals surface area contributed by atoms with Crippen LogP contribution < -0.4 is 0 Å². The lowest BCUT2D eigenvalue weighted by atomic mass is 9.77. The summed E-state index contributed by atoms with van der Waals surface area (Å²) in [5.74, 6) is -2.37. The van der Waals surface area contributed by atoms with Crippen molar-refractivity contribution in [1.29, 1.82) is 0 Å². The van der Waals surface area contributed by atoms with E-state index in [1.165, 1.54) is 11.1 Å². The molecule has 3 aliphatic rings. The molecule has 0 aromatic rings. The number of carboxylic acid groups (broad SMARTS) is 1. The van der Waals surface area contributed by atoms with Crippen LogP contribution in [0.1, 0.15) is 33.6 Å². The summed E-state index contributed by atoms with van der Waals surface area (Å²) in [5.41, 5.74) is 1.82. The number of ether oxygens (including phenoxy) is 1. The number of hydrogen-bond donors (Lipinski definition) is 1. The van der Waals surface area contributed by atoms with Crippen molar-refractivity contribution in [3.8, 4) is 0 Å². The molecule has 0 aromatic carbocycles. The Labute approximate surface area is 142 Å². The quantitative estimate of drug-likeness (QED) is 0.760. The highest BCUT2D eigenvalue weighted by atomic mass is 16.5. The molecule has 1 spiro atoms. The van der Waals surface area contributed by atoms with Crippen LogP contribution in [0.5, 0.6) is 0 Å². The first-order valence-corrected chi connectivity index (χ1v) is 8.52. The first-order valence-electron chi connectivity index (χ1n) is 8.52. The van der Waals surface area contributed by atoms with E-state index in [0.717, 1.165) is 12.8 Å². The highest BCUT2D eigenvalue weighted by Gasteiger charge is 2.66. The second-order valence-corrected chi connectivity index (χ2v) is 7.33. The maximum atomic E-state index is 12.7. The van der Waals surface area contributed by atoms with E-state index in [0.29, 0.717) is 13.1 Å². The highest BCUT2D eigenvalue weighted by Crippen LogP contribution is 2.51. The third kappa shape index (κ3) is 2.81. The van der Waals surface area contributed by atoms with Crippen LogP contribution in [0.15, 0.2) is 35.5 Å². The largest absolute Gasteiger partial charge is 0.481 e. The summed E-state index contributed by atoms with van der Waals surface area (Å²) in [5, 5.41) is 9.44. The smallest absolute Gasteiger partial charge is 0.310 e. The van der Waals surface area contributed by atoms with Gasteiger partial charge in [0.1, 0.15) is 11.5 Å². The molecule has 2 fully saturated rings. The van der Waals surface area contributed by atoms with Crippen LogP contribution in [0.4, 0.5) is 0 Å². The molecule has 3 aliphatic heterocycles. The van der Waals surface area contributed by atoms with Crippen LogP contribution in [0.3, 0.4) is 0 Å². The zero-order chi connectivity index (χ0) is 17.5. The summed E-state index contributed by atoms with van der Waals surface area (Å²) in [7, 11) is 0. The molecule has 0 aliphatic carbocycles. The predicted molar refractivity (Wildman–Crippen MR) is 90.4 cm³/mol. The van der Waals surface area contributed by atoms with Gasteiger partial charge in [0.25, 0.3) is 0 Å². The number of likely N-dealkylation sites (tertiary alicyclic amines) is 1. The fourth-order valence-electron chi connectivity index (χ4n) is 3.97. The lowest BCUT2D eigenvalue weighted by molar-refractivity contribution is -0.147. The van der Waals surface area contributed by atoms with Crippen molar-refractivity contribution >= 4 is 11.9 Å². The van der Waals surface area contributed by atoms with Crippen molar-refractivity contribution in [1.82, 2.24) is 4.90 Å². The van der Waals surface area contributed by atoms with Crippen molar-refractivity contribution in [3.05, 3.63) is 35.5 Å². The molecule has 0 saturated carbocycles. The monoisotopic (exact) mass is 331 g/mol. The van der Waals surface area contributed by atoms with Crippen molar-refractivity contribution in [2.24, 2.45) is 11.8 Å². The summed E-state index contributed by atoms with van der Waals surface area (Å²) >= 11 is 0. The summed E-state index contributed by atoms with van der Waals surface area (Å²) in [4.78, 5) is 26.0. The average Bonchev–Trinajstić information content (AvgIpc) is 3.13. The van der Waals surface area contributed by atoms with E-state index in [4.69, 9.17) is 4.74 Å². The number of hydrogen-bond acceptors (Lipinski definition) is 3. The Morgan fingerprint density at radius 3 is 2.83 bits per heavy atom. The molecule has 5 heteroatoms. The number of rotatable bonds is 6. The van der Waals surface area contributed by atoms with E-state index in [-0.39, 0.29) is 5.91 Å². The molecule has 2 saturated heterocycles. The highest BCUT2D eigenvalue weighted by molar-refractivity contribution is 5.90. The van der Waals surface area contributed by atoms with Gasteiger partial charge < -0.3 is 14.7 Å². The van der Waals surface area contributed by atoms with Crippen LogP contribution in [-0.2, 0) is 14.3 Å². The van der Waals surface area contributed by atoms with Crippen LogP contribution in [0.2, 0.25) is 0 Å². The fraction of sp³-hybridized carbons (Fsp3) is 0.579. The van der Waals surface area contributed by atoms with E-state index < -0.39 is 29.5 Å². The zero-order valence-corrected chi connectivity index (χ0v) is 14.5. The Morgan fingerprint density at radius 1 is 1.42 bits per heavy atom. The molecule has 3 rings (SSSR count). The molecule has 130 valence electrons. The van der Waals surface area contributed by atoms with Crippen molar-refractivity contribution in [3.63, 3.8) is 0 Å². The fourth-order valence-corrected chi connectivity index (χ4v) is 3.97. The molecule has 4 atom stereocenters. The van der Waals surface area contributed by atoms with Crippen LogP contribution >= 0.6 is 0 Å². The maximum Gasteiger partial charge on any atom is 0.310 e. The van der Waals surface area contributed by atoms with Gasteiger partial charge in [0, 0.05) is 6.54 Å². The number of amides is 1. The Hall–Kier alpha value is -1.88. The number of allylic oxidation sites excluding steroid dienone is 3. The molecule has 5 nitrogen and oxygen atoms in total. The van der Waals surface area contributed by atoms with Gasteiger partial charge in [-0.15, -0.1) is 0 Å². The van der Waals surface area contributed by atoms with E-state index in [9.17, 15) is 14.7 Å². The van der Waals surface area contributed by atoms with Crippen LogP contribution in [-0.4, -0.2) is 46.7 Å². The molecular formula is C19H25NO4. The number of fused-ring (bicyclic) bond motifs is 1. The molecule has 1 N–H and O–H groups in total. The minimum atomic E-state index is -0.945. The average molecular weight is 331 g/mol. The van der Waals surface area contributed by atoms with Crippen LogP contribution in [0.25, 0.3) is 0 Å². The second kappa shape index (κ2) is 6.20. The Balaban J connectivity index is 1.66. The van der Waals surface area contributed by atoms with Gasteiger partial charge in [-0.1, -0.05) is 35.5 Å². The predicted octanol–water partition coefficient (Wildman–Crippen LogP) is 2.55. The Morgan fingerprint density at radius 2 is 2.17 bits per heavy atom. The third-order valence-corrected chi connectivity index (χ3v) is 5.22. The number of carbonyl (C=O) groups is 2. The molecule has 0 aromatic heterocycles. The standard InChI is InChI=1S/C19H25NO4/c1-12(2)5-4-6-13(3)8-10-20-11-19-9-7-14(24-19)15(18(22)23)16(19)17(20)21/h5,7-9,14-16H,4,6,10-11H2,1-3H3,(H,22,23)/t14-,15+,16+,19-/m1/s1. The first kappa shape index (κ1) is 17.0. The number of aliphatic carboxylic acids is 1. The van der Waals surface area contributed by atoms with Gasteiger partial charge in [-0.05, 0) is 33.6 Å². The van der Waals surface area contributed by atoms with Crippen molar-refractivity contribution in [2.45, 2.75) is 45.3 Å². The molecule has 24 heavy (non-hydrogen) atoms. The van der Waals surface area contributed by atoms with E-state index >= 15 is 0 Å². The number of carbonyl (C=O) groups excluding carboxylic acids is 1. The maximum absolute atomic E-state index is 12.7. The number of carboxylic acids is 1. The molecule has 2 bridgehead atoms. The Bertz CT molecular complexity index is 644. The van der Waals surface area contributed by atoms with Gasteiger partial charge in [-0.2, -0.15) is 0 Å². The number of nitrogens with zero attached hydrogens (tertiary/aromatic N) is 1. The van der Waals surface area contributed by atoms with Gasteiger partial charge in [-0.3, -0.25) is 9.59 Å². The summed E-state index contributed by atoms with van der Waals surface area (Å²) in [6, 6.07) is 0. The van der Waals surface area contributed by atoms with E-state index in [1.54, 1.807) is 11.0 Å². The Kier molecular flexibility index (Phi) is 4.38. The van der Waals surface area contributed by atoms with E-state index in [1.807, 2.05) is 6.08 Å². The topological polar surface area (TPSA) is 66.8 Å². The summed E-state index contributed by atoms with van der Waals surface area (Å²) in [6.07, 6.45) is 9.48. The normalized spacial score (nSPS) is 34.0. The van der Waals surface area contributed by atoms with Gasteiger partial charge in [-0.25, -0.2) is 0 Å². The lowest BCUT2D eigenvalue weighted by Gasteiger charge is -2.21. The van der Waals surface area contributed by atoms with Gasteiger partial charge >= 0.3 is 5.97 Å². The van der Waals surface area contributed by atoms with Crippen molar-refractivity contribution in [2.75, 3.05) is 13.1 Å². The SMILES string of the molecule is CC(C)=CCCC(C)=CCN1C[C@@]23C=C[C@@H](O2)[C@H](C(=O)O)[C@H]3C1=O. The minimum Gasteiger partial charge on any atom is -0.481 e. The first-order chi connectivity index (χ1) is 11.3. The molecular weight excluding hydrogens is 306 g/mol. The minimum absolute atomic E-state index is 0.0948. The molecule has 3 heterocycles. The van der Waals surface area contributed by atoms with Gasteiger partial charge in [0.05, 0.1) is 18.6 Å². The van der Waals surface area contributed by atoms with E-state index in [2.05, 4.69) is 32.9 Å². The second-order valence-electron chi connectivity index (χ2n) is 7.33. The van der Waals surface area contributed by atoms with Gasteiger partial charge in [0.15, 0.2) is 0 Å². The third-order valence-electron chi connectivity index (χ3n) is 5.22. The van der Waals surface area contributed by atoms with Crippen LogP contribution in [0, 0.1) is 11.8 Å². The summed E-state index contributed by atoms with van der Waals surface area (Å²) < 4.78 is 5.87. The molecule has 1 amide bonds. The lowest BCUT2D eigenvalue weighted by Crippen LogP contribution is -2.39. The summed E-state index contributed by atoms with van der Waals surface area (Å²) in [6.45, 7) is 7.21. The molecule has 0 unspecified atom stereocenters. The van der Waals surface area contributed by atoms with Crippen molar-refractivity contribution < 1.29 is 19.4 Å². The van der Waals surface area contributed by atoms with Gasteiger partial charge in [0.2, 0.25) is 5.91 Å². The molecule has 0 radical (unpaired) electrons.